The summed E-state index contributed by atoms with van der Waals surface area (Å²) >= 11 is 0. The van der Waals surface area contributed by atoms with E-state index in [4.69, 9.17) is 4.74 Å². The molecule has 0 spiro atoms. The highest BCUT2D eigenvalue weighted by atomic mass is 16.5. The van der Waals surface area contributed by atoms with Crippen molar-refractivity contribution < 1.29 is 9.53 Å². The zero-order valence-electron chi connectivity index (χ0n) is 11.9. The predicted octanol–water partition coefficient (Wildman–Crippen LogP) is 4.17. The van der Waals surface area contributed by atoms with Gasteiger partial charge in [-0.25, -0.2) is 0 Å². The van der Waals surface area contributed by atoms with Crippen molar-refractivity contribution in [2.75, 3.05) is 6.61 Å². The van der Waals surface area contributed by atoms with Crippen LogP contribution < -0.4 is 0 Å². The van der Waals surface area contributed by atoms with Crippen LogP contribution in [0.5, 0.6) is 0 Å². The molecule has 2 atom stereocenters. The van der Waals surface area contributed by atoms with Crippen LogP contribution in [-0.4, -0.2) is 12.6 Å². The molecule has 0 aromatic heterocycles. The number of hydrogen-bond acceptors (Lipinski definition) is 2. The van der Waals surface area contributed by atoms with E-state index in [-0.39, 0.29) is 11.9 Å². The van der Waals surface area contributed by atoms with Gasteiger partial charge in [0.15, 0.2) is 0 Å². The highest BCUT2D eigenvalue weighted by molar-refractivity contribution is 5.77. The molecule has 3 rings (SSSR count). The minimum absolute atomic E-state index is 0.00373. The second kappa shape index (κ2) is 5.52. The van der Waals surface area contributed by atoms with Gasteiger partial charge in [0, 0.05) is 0 Å². The first kappa shape index (κ1) is 13.0. The Morgan fingerprint density at radius 2 is 2.00 bits per heavy atom. The summed E-state index contributed by atoms with van der Waals surface area (Å²) < 4.78 is 5.30. The number of esters is 1. The van der Waals surface area contributed by atoms with Crippen LogP contribution in [0, 0.1) is 11.8 Å². The standard InChI is InChI=1S/C17H24O2/c1-2-19-17(18)16-11-12-7-3-4-8-13(12)14-9-5-6-10-15(14)16/h11,15-16H,2-10H2,1H3. The largest absolute Gasteiger partial charge is 0.466 e. The normalized spacial score (nSPS) is 30.3. The van der Waals surface area contributed by atoms with E-state index in [0.717, 1.165) is 0 Å². The van der Waals surface area contributed by atoms with Gasteiger partial charge in [-0.3, -0.25) is 4.79 Å². The van der Waals surface area contributed by atoms with Crippen molar-refractivity contribution >= 4 is 5.97 Å². The average molecular weight is 260 g/mol. The number of allylic oxidation sites excluding steroid dienone is 3. The van der Waals surface area contributed by atoms with Gasteiger partial charge in [-0.1, -0.05) is 18.1 Å². The van der Waals surface area contributed by atoms with Crippen LogP contribution in [0.3, 0.4) is 0 Å². The van der Waals surface area contributed by atoms with E-state index in [9.17, 15) is 4.79 Å². The molecule has 19 heavy (non-hydrogen) atoms. The third kappa shape index (κ3) is 2.37. The Balaban J connectivity index is 1.93. The van der Waals surface area contributed by atoms with Crippen molar-refractivity contribution in [3.8, 4) is 0 Å². The van der Waals surface area contributed by atoms with Crippen LogP contribution in [0.2, 0.25) is 0 Å². The quantitative estimate of drug-likeness (QED) is 0.697. The fourth-order valence-electron chi connectivity index (χ4n) is 4.09. The summed E-state index contributed by atoms with van der Waals surface area (Å²) in [6.45, 7) is 2.40. The number of fused-ring (bicyclic) bond motifs is 2. The summed E-state index contributed by atoms with van der Waals surface area (Å²) in [6, 6.07) is 0. The molecule has 2 unspecified atom stereocenters. The number of carbonyl (C=O) groups excluding carboxylic acids is 1. The monoisotopic (exact) mass is 260 g/mol. The summed E-state index contributed by atoms with van der Waals surface area (Å²) in [5.41, 5.74) is 4.70. The molecule has 3 aliphatic rings. The molecule has 0 aliphatic heterocycles. The first-order valence-electron chi connectivity index (χ1n) is 7.91. The summed E-state index contributed by atoms with van der Waals surface area (Å²) in [5.74, 6) is 0.459. The van der Waals surface area contributed by atoms with Gasteiger partial charge in [0.25, 0.3) is 0 Å². The van der Waals surface area contributed by atoms with Crippen LogP contribution in [0.4, 0.5) is 0 Å². The van der Waals surface area contributed by atoms with E-state index in [1.165, 1.54) is 56.9 Å². The van der Waals surface area contributed by atoms with Crippen LogP contribution in [-0.2, 0) is 9.53 Å². The van der Waals surface area contributed by atoms with E-state index in [1.54, 1.807) is 11.1 Å². The lowest BCUT2D eigenvalue weighted by Crippen LogP contribution is -2.32. The molecule has 3 aliphatic carbocycles. The van der Waals surface area contributed by atoms with Gasteiger partial charge in [0.05, 0.1) is 12.5 Å². The molecule has 0 aromatic carbocycles. The molecule has 2 heteroatoms. The van der Waals surface area contributed by atoms with Gasteiger partial charge < -0.3 is 4.74 Å². The van der Waals surface area contributed by atoms with Gasteiger partial charge in [0.2, 0.25) is 0 Å². The Hall–Kier alpha value is -1.05. The number of carbonyl (C=O) groups is 1. The third-order valence-corrected chi connectivity index (χ3v) is 4.93. The SMILES string of the molecule is CCOC(=O)C1C=C2CCCCC2=C2CCCCC21. The van der Waals surface area contributed by atoms with Crippen LogP contribution >= 0.6 is 0 Å². The van der Waals surface area contributed by atoms with E-state index in [1.807, 2.05) is 6.92 Å². The van der Waals surface area contributed by atoms with Gasteiger partial charge in [-0.05, 0) is 68.9 Å². The Labute approximate surface area is 115 Å². The fourth-order valence-corrected chi connectivity index (χ4v) is 4.09. The third-order valence-electron chi connectivity index (χ3n) is 4.93. The lowest BCUT2D eigenvalue weighted by molar-refractivity contribution is -0.147. The van der Waals surface area contributed by atoms with E-state index in [2.05, 4.69) is 6.08 Å². The predicted molar refractivity (Wildman–Crippen MR) is 75.7 cm³/mol. The molecule has 104 valence electrons. The van der Waals surface area contributed by atoms with Gasteiger partial charge in [-0.15, -0.1) is 0 Å². The number of rotatable bonds is 2. The molecule has 0 amide bonds. The van der Waals surface area contributed by atoms with Gasteiger partial charge >= 0.3 is 5.97 Å². The number of hydrogen-bond donors (Lipinski definition) is 0. The highest BCUT2D eigenvalue weighted by Gasteiger charge is 2.37. The molecule has 2 fully saturated rings. The van der Waals surface area contributed by atoms with Gasteiger partial charge in [0.1, 0.15) is 0 Å². The first-order valence-corrected chi connectivity index (χ1v) is 7.91. The number of ether oxygens (including phenoxy) is 1. The smallest absolute Gasteiger partial charge is 0.313 e. The summed E-state index contributed by atoms with van der Waals surface area (Å²) in [6.07, 6.45) is 12.2. The van der Waals surface area contributed by atoms with E-state index < -0.39 is 0 Å². The molecular formula is C17H24O2. The van der Waals surface area contributed by atoms with Crippen molar-refractivity contribution in [2.45, 2.75) is 58.3 Å². The first-order chi connectivity index (χ1) is 9.31. The Morgan fingerprint density at radius 3 is 2.84 bits per heavy atom. The lowest BCUT2D eigenvalue weighted by Gasteiger charge is -2.38. The van der Waals surface area contributed by atoms with Crippen LogP contribution in [0.25, 0.3) is 0 Å². The molecule has 0 N–H and O–H groups in total. The van der Waals surface area contributed by atoms with Crippen molar-refractivity contribution in [3.05, 3.63) is 22.8 Å². The maximum absolute atomic E-state index is 12.2. The van der Waals surface area contributed by atoms with Crippen molar-refractivity contribution in [3.63, 3.8) is 0 Å². The Morgan fingerprint density at radius 1 is 1.21 bits per heavy atom. The second-order valence-electron chi connectivity index (χ2n) is 6.03. The zero-order valence-corrected chi connectivity index (χ0v) is 11.9. The maximum Gasteiger partial charge on any atom is 0.313 e. The molecule has 0 heterocycles. The van der Waals surface area contributed by atoms with Crippen molar-refractivity contribution in [1.82, 2.24) is 0 Å². The molecule has 0 saturated heterocycles. The topological polar surface area (TPSA) is 26.3 Å². The molecule has 0 bridgehead atoms. The minimum atomic E-state index is 0.00373. The van der Waals surface area contributed by atoms with Crippen LogP contribution in [0.1, 0.15) is 58.3 Å². The Bertz CT molecular complexity index is 431. The maximum atomic E-state index is 12.2. The van der Waals surface area contributed by atoms with E-state index in [0.29, 0.717) is 12.5 Å². The molecular weight excluding hydrogens is 236 g/mol. The van der Waals surface area contributed by atoms with Crippen molar-refractivity contribution in [1.29, 1.82) is 0 Å². The molecule has 2 saturated carbocycles. The minimum Gasteiger partial charge on any atom is -0.466 e. The zero-order chi connectivity index (χ0) is 13.2. The molecule has 2 nitrogen and oxygen atoms in total. The fraction of sp³-hybridized carbons (Fsp3) is 0.706. The highest BCUT2D eigenvalue weighted by Crippen LogP contribution is 2.47. The average Bonchev–Trinajstić information content (AvgIpc) is 2.46. The summed E-state index contributed by atoms with van der Waals surface area (Å²) in [4.78, 5) is 12.2. The van der Waals surface area contributed by atoms with Gasteiger partial charge in [-0.2, -0.15) is 0 Å². The van der Waals surface area contributed by atoms with E-state index >= 15 is 0 Å². The van der Waals surface area contributed by atoms with Crippen LogP contribution in [0.15, 0.2) is 22.8 Å². The lowest BCUT2D eigenvalue weighted by atomic mass is 9.67. The summed E-state index contributed by atoms with van der Waals surface area (Å²) in [7, 11) is 0. The van der Waals surface area contributed by atoms with Crippen molar-refractivity contribution in [2.24, 2.45) is 11.8 Å². The second-order valence-corrected chi connectivity index (χ2v) is 6.03. The molecule has 0 aromatic rings. The Kier molecular flexibility index (Phi) is 3.76. The molecule has 0 radical (unpaired) electrons. The summed E-state index contributed by atoms with van der Waals surface area (Å²) in [5, 5.41) is 0.